The van der Waals surface area contributed by atoms with E-state index in [1.807, 2.05) is 0 Å². The van der Waals surface area contributed by atoms with Gasteiger partial charge < -0.3 is 9.64 Å². The van der Waals surface area contributed by atoms with Gasteiger partial charge in [-0.1, -0.05) is 49.1 Å². The van der Waals surface area contributed by atoms with Gasteiger partial charge in [-0.3, -0.25) is 4.79 Å². The molecule has 126 valence electrons. The van der Waals surface area contributed by atoms with Crippen LogP contribution in [-0.4, -0.2) is 45.2 Å². The number of ether oxygens (including phenoxy) is 1. The fourth-order valence-corrected chi connectivity index (χ4v) is 5.64. The van der Waals surface area contributed by atoms with Crippen molar-refractivity contribution in [2.75, 3.05) is 14.2 Å². The van der Waals surface area contributed by atoms with Crippen LogP contribution in [0.4, 0.5) is 0 Å². The zero-order chi connectivity index (χ0) is 16.8. The number of benzene rings is 1. The summed E-state index contributed by atoms with van der Waals surface area (Å²) in [7, 11) is 2.42. The molecule has 0 aliphatic carbocycles. The average Bonchev–Trinajstić information content (AvgIpc) is 2.75. The van der Waals surface area contributed by atoms with Gasteiger partial charge in [-0.25, -0.2) is 0 Å². The molecule has 0 spiro atoms. The zero-order valence-electron chi connectivity index (χ0n) is 15.1. The number of rotatable bonds is 3. The first-order chi connectivity index (χ1) is 10.8. The van der Waals surface area contributed by atoms with Gasteiger partial charge in [0.15, 0.2) is 0 Å². The third-order valence-corrected chi connectivity index (χ3v) is 8.10. The summed E-state index contributed by atoms with van der Waals surface area (Å²) in [6, 6.07) is 9.87. The van der Waals surface area contributed by atoms with Gasteiger partial charge in [-0.15, -0.1) is 0 Å². The maximum atomic E-state index is 12.8. The molecule has 0 radical (unpaired) electrons. The van der Waals surface area contributed by atoms with Crippen molar-refractivity contribution >= 4 is 19.2 Å². The summed E-state index contributed by atoms with van der Waals surface area (Å²) in [5.41, 5.74) is 0.696. The number of hydrogen-bond donors (Lipinski definition) is 0. The molecule has 4 heteroatoms. The number of carbonyl (C=O) groups is 1. The van der Waals surface area contributed by atoms with Crippen LogP contribution < -0.4 is 5.19 Å². The van der Waals surface area contributed by atoms with Crippen molar-refractivity contribution in [1.29, 1.82) is 0 Å². The monoisotopic (exact) mass is 331 g/mol. The Morgan fingerprint density at radius 1 is 1.13 bits per heavy atom. The molecule has 0 aromatic heterocycles. The third kappa shape index (κ3) is 2.76. The van der Waals surface area contributed by atoms with Crippen molar-refractivity contribution < 1.29 is 9.53 Å². The van der Waals surface area contributed by atoms with E-state index >= 15 is 0 Å². The molecule has 2 atom stereocenters. The molecule has 3 nitrogen and oxygen atoms in total. The predicted molar refractivity (Wildman–Crippen MR) is 96.9 cm³/mol. The first kappa shape index (κ1) is 16.7. The van der Waals surface area contributed by atoms with E-state index in [1.165, 1.54) is 25.1 Å². The largest absolute Gasteiger partial charge is 0.468 e. The number of esters is 1. The second-order valence-electron chi connectivity index (χ2n) is 8.36. The highest BCUT2D eigenvalue weighted by Crippen LogP contribution is 2.47. The number of piperidine rings is 1. The van der Waals surface area contributed by atoms with Crippen molar-refractivity contribution in [1.82, 2.24) is 4.90 Å². The van der Waals surface area contributed by atoms with Crippen LogP contribution in [0, 0.1) is 0 Å². The lowest BCUT2D eigenvalue weighted by Crippen LogP contribution is -2.52. The molecule has 2 saturated heterocycles. The van der Waals surface area contributed by atoms with E-state index in [-0.39, 0.29) is 5.97 Å². The number of hydrogen-bond acceptors (Lipinski definition) is 3. The number of methoxy groups -OCH3 is 1. The van der Waals surface area contributed by atoms with Crippen molar-refractivity contribution in [2.45, 2.75) is 62.8 Å². The van der Waals surface area contributed by atoms with Crippen LogP contribution >= 0.6 is 0 Å². The fourth-order valence-electron chi connectivity index (χ4n) is 4.47. The molecule has 2 aliphatic rings. The summed E-state index contributed by atoms with van der Waals surface area (Å²) >= 11 is 0. The van der Waals surface area contributed by atoms with Crippen molar-refractivity contribution in [3.8, 4) is 0 Å². The van der Waals surface area contributed by atoms with Crippen molar-refractivity contribution in [2.24, 2.45) is 0 Å². The van der Waals surface area contributed by atoms with Crippen LogP contribution in [0.1, 0.15) is 31.2 Å². The highest BCUT2D eigenvalue weighted by atomic mass is 28.3. The quantitative estimate of drug-likeness (QED) is 0.630. The Morgan fingerprint density at radius 2 is 1.65 bits per heavy atom. The summed E-state index contributed by atoms with van der Waals surface area (Å²) in [5.74, 6) is -0.0525. The Morgan fingerprint density at radius 3 is 2.09 bits per heavy atom. The highest BCUT2D eigenvalue weighted by molar-refractivity contribution is 6.88. The van der Waals surface area contributed by atoms with E-state index < -0.39 is 13.5 Å². The Balaban J connectivity index is 1.99. The van der Waals surface area contributed by atoms with Gasteiger partial charge in [0.2, 0.25) is 0 Å². The fraction of sp³-hybridized carbons (Fsp3) is 0.632. The SMILES string of the molecule is COC(=O)C1(c2ccc([Si](C)(C)C)cc2)CC2CCC(C1)N2C. The zero-order valence-corrected chi connectivity index (χ0v) is 16.1. The first-order valence-corrected chi connectivity index (χ1v) is 12.2. The van der Waals surface area contributed by atoms with Crippen LogP contribution in [0.5, 0.6) is 0 Å². The standard InChI is InChI=1S/C19H29NO2Si/c1-20-15-8-9-16(20)13-19(12-15,18(21)22-2)14-6-10-17(11-7-14)23(3,4)5/h6-7,10-11,15-16H,8-9,12-13H2,1-5H3. The maximum absolute atomic E-state index is 12.8. The van der Waals surface area contributed by atoms with Crippen molar-refractivity contribution in [3.63, 3.8) is 0 Å². The molecule has 0 saturated carbocycles. The first-order valence-electron chi connectivity index (χ1n) is 8.69. The van der Waals surface area contributed by atoms with Gasteiger partial charge >= 0.3 is 5.97 Å². The average molecular weight is 332 g/mol. The second-order valence-corrected chi connectivity index (χ2v) is 13.4. The molecular formula is C19H29NO2Si. The van der Waals surface area contributed by atoms with Gasteiger partial charge in [0.25, 0.3) is 0 Å². The van der Waals surface area contributed by atoms with E-state index in [0.717, 1.165) is 18.4 Å². The minimum absolute atomic E-state index is 0.0525. The van der Waals surface area contributed by atoms with E-state index in [9.17, 15) is 4.79 Å². The Labute approximate surface area is 141 Å². The van der Waals surface area contributed by atoms with E-state index in [2.05, 4.69) is 55.9 Å². The van der Waals surface area contributed by atoms with Crippen LogP contribution in [0.25, 0.3) is 0 Å². The lowest BCUT2D eigenvalue weighted by atomic mass is 9.70. The summed E-state index contributed by atoms with van der Waals surface area (Å²) in [4.78, 5) is 15.2. The van der Waals surface area contributed by atoms with E-state index in [4.69, 9.17) is 4.74 Å². The lowest BCUT2D eigenvalue weighted by Gasteiger charge is -2.43. The molecule has 2 aliphatic heterocycles. The number of nitrogens with zero attached hydrogens (tertiary/aromatic N) is 1. The minimum Gasteiger partial charge on any atom is -0.468 e. The number of fused-ring (bicyclic) bond motifs is 2. The summed E-state index contributed by atoms with van der Waals surface area (Å²) in [6.45, 7) is 7.07. The van der Waals surface area contributed by atoms with Crippen LogP contribution in [0.3, 0.4) is 0 Å². The van der Waals surface area contributed by atoms with Gasteiger partial charge in [0.05, 0.1) is 20.6 Å². The third-order valence-electron chi connectivity index (χ3n) is 6.03. The Hall–Kier alpha value is -1.13. The minimum atomic E-state index is -1.32. The highest BCUT2D eigenvalue weighted by Gasteiger charge is 2.52. The van der Waals surface area contributed by atoms with Gasteiger partial charge in [-0.2, -0.15) is 0 Å². The van der Waals surface area contributed by atoms with Crippen LogP contribution in [0.15, 0.2) is 24.3 Å². The molecule has 2 heterocycles. The summed E-state index contributed by atoms with van der Waals surface area (Å²) < 4.78 is 5.26. The molecule has 23 heavy (non-hydrogen) atoms. The van der Waals surface area contributed by atoms with E-state index in [1.54, 1.807) is 0 Å². The topological polar surface area (TPSA) is 29.5 Å². The smallest absolute Gasteiger partial charge is 0.316 e. The van der Waals surface area contributed by atoms with Crippen LogP contribution in [-0.2, 0) is 14.9 Å². The summed E-state index contributed by atoms with van der Waals surface area (Å²) in [5, 5.41) is 1.44. The Bertz CT molecular complexity index is 576. The molecule has 3 rings (SSSR count). The molecule has 0 amide bonds. The van der Waals surface area contributed by atoms with Gasteiger partial charge in [-0.05, 0) is 38.3 Å². The Kier molecular flexibility index (Phi) is 4.17. The van der Waals surface area contributed by atoms with Crippen LogP contribution in [0.2, 0.25) is 19.6 Å². The van der Waals surface area contributed by atoms with Gasteiger partial charge in [0.1, 0.15) is 0 Å². The molecule has 2 fully saturated rings. The van der Waals surface area contributed by atoms with E-state index in [0.29, 0.717) is 12.1 Å². The molecule has 1 aromatic rings. The molecule has 2 unspecified atom stereocenters. The maximum Gasteiger partial charge on any atom is 0.316 e. The molecule has 2 bridgehead atoms. The molecular weight excluding hydrogens is 302 g/mol. The lowest BCUT2D eigenvalue weighted by molar-refractivity contribution is -0.150. The van der Waals surface area contributed by atoms with Crippen molar-refractivity contribution in [3.05, 3.63) is 29.8 Å². The summed E-state index contributed by atoms with van der Waals surface area (Å²) in [6.07, 6.45) is 4.18. The number of carbonyl (C=O) groups excluding carboxylic acids is 1. The van der Waals surface area contributed by atoms with Gasteiger partial charge in [0, 0.05) is 12.1 Å². The second kappa shape index (κ2) is 5.74. The predicted octanol–water partition coefficient (Wildman–Crippen LogP) is 2.90. The molecule has 1 aromatic carbocycles. The normalized spacial score (nSPS) is 31.2. The molecule has 0 N–H and O–H groups in total.